The molecule has 0 unspecified atom stereocenters. The third-order valence-electron chi connectivity index (χ3n) is 7.75. The predicted octanol–water partition coefficient (Wildman–Crippen LogP) is 4.85. The van der Waals surface area contributed by atoms with E-state index < -0.39 is 5.79 Å². The van der Waals surface area contributed by atoms with Gasteiger partial charge < -0.3 is 34.5 Å². The molecule has 2 fully saturated rings. The second kappa shape index (κ2) is 12.4. The molecule has 10 nitrogen and oxygen atoms in total. The largest absolute Gasteiger partial charge is 0.493 e. The highest BCUT2D eigenvalue weighted by atomic mass is 16.7. The first-order valence-corrected chi connectivity index (χ1v) is 14.3. The Bertz CT molecular complexity index is 1290. The number of pyridine rings is 1. The van der Waals surface area contributed by atoms with E-state index in [4.69, 9.17) is 18.9 Å². The zero-order chi connectivity index (χ0) is 27.2. The summed E-state index contributed by atoms with van der Waals surface area (Å²) in [7, 11) is 1.65. The Hall–Kier alpha value is -3.47. The fourth-order valence-corrected chi connectivity index (χ4v) is 5.70. The number of nitrogens with zero attached hydrogens (tertiary/aromatic N) is 4. The van der Waals surface area contributed by atoms with Gasteiger partial charge in [0.25, 0.3) is 0 Å². The highest BCUT2D eigenvalue weighted by molar-refractivity contribution is 5.62. The highest BCUT2D eigenvalue weighted by Crippen LogP contribution is 2.36. The normalized spacial score (nSPS) is 18.3. The van der Waals surface area contributed by atoms with E-state index in [9.17, 15) is 0 Å². The van der Waals surface area contributed by atoms with Crippen LogP contribution in [0.15, 0.2) is 42.7 Å². The van der Waals surface area contributed by atoms with Gasteiger partial charge in [-0.05, 0) is 68.6 Å². The zero-order valence-electron chi connectivity index (χ0n) is 23.2. The van der Waals surface area contributed by atoms with Crippen LogP contribution in [-0.2, 0) is 22.3 Å². The van der Waals surface area contributed by atoms with Crippen molar-refractivity contribution in [3.8, 4) is 11.5 Å². The van der Waals surface area contributed by atoms with Crippen molar-refractivity contribution in [2.24, 2.45) is 0 Å². The van der Waals surface area contributed by atoms with Crippen LogP contribution in [0, 0.1) is 0 Å². The highest BCUT2D eigenvalue weighted by Gasteiger charge is 2.40. The number of aromatic nitrogens is 3. The SMILES string of the molecule is COc1cc(Nc2nccc(Nc3cnc4c(c3)CC3(CC4)OCCO3)n2)ccc1OCCCN1CCCCC1. The van der Waals surface area contributed by atoms with E-state index in [1.54, 1.807) is 13.3 Å². The van der Waals surface area contributed by atoms with E-state index in [0.717, 1.165) is 54.2 Å². The van der Waals surface area contributed by atoms with Crippen LogP contribution in [0.3, 0.4) is 0 Å². The Morgan fingerprint density at radius 2 is 1.85 bits per heavy atom. The van der Waals surface area contributed by atoms with E-state index in [1.807, 2.05) is 30.5 Å². The summed E-state index contributed by atoms with van der Waals surface area (Å²) in [6, 6.07) is 9.71. The fourth-order valence-electron chi connectivity index (χ4n) is 5.70. The molecule has 212 valence electrons. The minimum Gasteiger partial charge on any atom is -0.493 e. The lowest BCUT2D eigenvalue weighted by molar-refractivity contribution is -0.164. The third kappa shape index (κ3) is 6.46. The molecule has 10 heteroatoms. The van der Waals surface area contributed by atoms with Gasteiger partial charge in [0.1, 0.15) is 5.82 Å². The van der Waals surface area contributed by atoms with E-state index in [0.29, 0.717) is 43.8 Å². The second-order valence-corrected chi connectivity index (χ2v) is 10.6. The fraction of sp³-hybridized carbons (Fsp3) is 0.500. The van der Waals surface area contributed by atoms with E-state index >= 15 is 0 Å². The van der Waals surface area contributed by atoms with Crippen molar-refractivity contribution in [2.45, 2.75) is 50.7 Å². The summed E-state index contributed by atoms with van der Waals surface area (Å²) >= 11 is 0. The number of piperidine rings is 1. The summed E-state index contributed by atoms with van der Waals surface area (Å²) < 4.78 is 23.5. The number of ether oxygens (including phenoxy) is 4. The number of anilines is 4. The molecule has 2 aromatic heterocycles. The van der Waals surface area contributed by atoms with Gasteiger partial charge in [-0.15, -0.1) is 0 Å². The van der Waals surface area contributed by atoms with E-state index in [1.165, 1.54) is 32.4 Å². The molecule has 3 aliphatic rings. The topological polar surface area (TPSA) is 103 Å². The van der Waals surface area contributed by atoms with Crippen LogP contribution in [0.25, 0.3) is 0 Å². The Kier molecular flexibility index (Phi) is 8.27. The van der Waals surface area contributed by atoms with Gasteiger partial charge in [0, 0.05) is 43.0 Å². The Morgan fingerprint density at radius 3 is 2.70 bits per heavy atom. The van der Waals surface area contributed by atoms with Gasteiger partial charge in [-0.3, -0.25) is 4.98 Å². The Morgan fingerprint density at radius 1 is 0.975 bits per heavy atom. The number of benzene rings is 1. The van der Waals surface area contributed by atoms with Crippen molar-refractivity contribution in [1.82, 2.24) is 19.9 Å². The molecule has 2 aliphatic heterocycles. The third-order valence-corrected chi connectivity index (χ3v) is 7.75. The van der Waals surface area contributed by atoms with Gasteiger partial charge >= 0.3 is 0 Å². The molecule has 1 aliphatic carbocycles. The number of methoxy groups -OCH3 is 1. The number of fused-ring (bicyclic) bond motifs is 1. The maximum atomic E-state index is 6.04. The maximum Gasteiger partial charge on any atom is 0.229 e. The van der Waals surface area contributed by atoms with Crippen LogP contribution >= 0.6 is 0 Å². The summed E-state index contributed by atoms with van der Waals surface area (Å²) in [6.45, 7) is 5.45. The molecule has 0 bridgehead atoms. The second-order valence-electron chi connectivity index (χ2n) is 10.6. The van der Waals surface area contributed by atoms with Crippen LogP contribution in [0.5, 0.6) is 11.5 Å². The average Bonchev–Trinajstić information content (AvgIpc) is 3.43. The van der Waals surface area contributed by atoms with Crippen LogP contribution in [0.1, 0.15) is 43.4 Å². The Labute approximate surface area is 235 Å². The minimum absolute atomic E-state index is 0.472. The summed E-state index contributed by atoms with van der Waals surface area (Å²) in [6.07, 6.45) is 10.9. The number of hydrogen-bond donors (Lipinski definition) is 2. The molecule has 1 spiro atoms. The molecule has 3 aromatic rings. The molecule has 2 saturated heterocycles. The molecule has 1 aromatic carbocycles. The number of nitrogens with one attached hydrogen (secondary N) is 2. The van der Waals surface area contributed by atoms with Gasteiger partial charge in [-0.25, -0.2) is 4.98 Å². The molecule has 0 saturated carbocycles. The first kappa shape index (κ1) is 26.7. The van der Waals surface area contributed by atoms with Crippen molar-refractivity contribution < 1.29 is 18.9 Å². The van der Waals surface area contributed by atoms with Crippen LogP contribution in [0.4, 0.5) is 23.1 Å². The van der Waals surface area contributed by atoms with Crippen molar-refractivity contribution in [2.75, 3.05) is 57.2 Å². The maximum absolute atomic E-state index is 6.04. The van der Waals surface area contributed by atoms with Crippen LogP contribution in [-0.4, -0.2) is 72.2 Å². The number of aryl methyl sites for hydroxylation is 1. The minimum atomic E-state index is -0.492. The van der Waals surface area contributed by atoms with Crippen LogP contribution in [0.2, 0.25) is 0 Å². The van der Waals surface area contributed by atoms with Crippen molar-refractivity contribution in [1.29, 1.82) is 0 Å². The molecule has 0 radical (unpaired) electrons. The average molecular weight is 547 g/mol. The van der Waals surface area contributed by atoms with Crippen LogP contribution < -0.4 is 20.1 Å². The summed E-state index contributed by atoms with van der Waals surface area (Å²) in [4.78, 5) is 16.2. The molecule has 4 heterocycles. The first-order chi connectivity index (χ1) is 19.7. The lowest BCUT2D eigenvalue weighted by Crippen LogP contribution is -2.37. The Balaban J connectivity index is 1.06. The van der Waals surface area contributed by atoms with Gasteiger partial charge in [0.2, 0.25) is 5.95 Å². The predicted molar refractivity (Wildman–Crippen MR) is 153 cm³/mol. The van der Waals surface area contributed by atoms with Gasteiger partial charge in [0.05, 0.1) is 38.8 Å². The van der Waals surface area contributed by atoms with Crippen molar-refractivity contribution in [3.63, 3.8) is 0 Å². The molecule has 40 heavy (non-hydrogen) atoms. The molecule has 0 amide bonds. The molecular formula is C30H38N6O4. The van der Waals surface area contributed by atoms with Crippen molar-refractivity contribution >= 4 is 23.1 Å². The number of hydrogen-bond acceptors (Lipinski definition) is 10. The molecule has 6 rings (SSSR count). The smallest absolute Gasteiger partial charge is 0.229 e. The standard InChI is InChI=1S/C30H38N6O4/c1-37-27-19-23(6-7-26(27)38-15-5-14-36-12-3-2-4-13-36)34-29-31-11-9-28(35-29)33-24-18-22-20-30(39-16-17-40-30)10-8-25(22)32-21-24/h6-7,9,11,18-19,21H,2-5,8,10,12-17,20H2,1H3,(H2,31,33,34,35). The molecule has 0 atom stereocenters. The summed E-state index contributed by atoms with van der Waals surface area (Å²) in [5, 5.41) is 6.63. The first-order valence-electron chi connectivity index (χ1n) is 14.3. The summed E-state index contributed by atoms with van der Waals surface area (Å²) in [5.74, 6) is 2.05. The monoisotopic (exact) mass is 546 g/mol. The molecule has 2 N–H and O–H groups in total. The number of likely N-dealkylation sites (tertiary alicyclic amines) is 1. The van der Waals surface area contributed by atoms with E-state index in [2.05, 4.69) is 36.6 Å². The summed E-state index contributed by atoms with van der Waals surface area (Å²) in [5.41, 5.74) is 3.92. The number of rotatable bonds is 10. The van der Waals surface area contributed by atoms with E-state index in [-0.39, 0.29) is 0 Å². The quantitative estimate of drug-likeness (QED) is 0.343. The van der Waals surface area contributed by atoms with Gasteiger partial charge in [-0.2, -0.15) is 4.98 Å². The molecular weight excluding hydrogens is 508 g/mol. The lowest BCUT2D eigenvalue weighted by Gasteiger charge is -2.32. The zero-order valence-corrected chi connectivity index (χ0v) is 23.2. The van der Waals surface area contributed by atoms with Crippen molar-refractivity contribution in [3.05, 3.63) is 54.0 Å². The van der Waals surface area contributed by atoms with Gasteiger partial charge in [-0.1, -0.05) is 6.42 Å². The van der Waals surface area contributed by atoms with Gasteiger partial charge in [0.15, 0.2) is 17.3 Å². The lowest BCUT2D eigenvalue weighted by atomic mass is 9.90.